The number of rotatable bonds is 7. The van der Waals surface area contributed by atoms with Crippen molar-refractivity contribution in [2.75, 3.05) is 26.3 Å². The van der Waals surface area contributed by atoms with Crippen LogP contribution in [0.15, 0.2) is 52.9 Å². The van der Waals surface area contributed by atoms with Crippen molar-refractivity contribution in [2.24, 2.45) is 0 Å². The van der Waals surface area contributed by atoms with Crippen molar-refractivity contribution < 1.29 is 31.9 Å². The zero-order valence-corrected chi connectivity index (χ0v) is 18.5. The Bertz CT molecular complexity index is 1100. The van der Waals surface area contributed by atoms with Gasteiger partial charge in [0, 0.05) is 18.7 Å². The molecule has 34 heavy (non-hydrogen) atoms. The highest BCUT2D eigenvalue weighted by Gasteiger charge is 2.31. The molecule has 1 fully saturated rings. The highest BCUT2D eigenvalue weighted by Crippen LogP contribution is 2.32. The molecule has 1 aromatic heterocycles. The molecule has 0 radical (unpaired) electrons. The fourth-order valence-corrected chi connectivity index (χ4v) is 3.76. The minimum absolute atomic E-state index is 0.0959. The van der Waals surface area contributed by atoms with Crippen LogP contribution in [0.5, 0.6) is 11.5 Å². The number of hydrogen-bond donors (Lipinski definition) is 0. The number of hydrogen-bond acceptors (Lipinski definition) is 6. The van der Waals surface area contributed by atoms with E-state index in [9.17, 15) is 18.0 Å². The number of nitrogens with zero attached hydrogens (tertiary/aromatic N) is 3. The Kier molecular flexibility index (Phi) is 7.04. The molecule has 10 heteroatoms. The van der Waals surface area contributed by atoms with Gasteiger partial charge in [-0.15, -0.1) is 10.2 Å². The minimum atomic E-state index is -4.41. The molecule has 1 aliphatic rings. The quantitative estimate of drug-likeness (QED) is 0.482. The number of ether oxygens (including phenoxy) is 2. The zero-order valence-electron chi connectivity index (χ0n) is 18.5. The Morgan fingerprint density at radius 2 is 1.74 bits per heavy atom. The van der Waals surface area contributed by atoms with E-state index < -0.39 is 11.7 Å². The van der Waals surface area contributed by atoms with Gasteiger partial charge >= 0.3 is 6.18 Å². The van der Waals surface area contributed by atoms with Crippen LogP contribution in [0.4, 0.5) is 13.2 Å². The second-order valence-corrected chi connectivity index (χ2v) is 7.89. The number of benzene rings is 2. The van der Waals surface area contributed by atoms with Crippen molar-refractivity contribution in [3.05, 3.63) is 60.0 Å². The van der Waals surface area contributed by atoms with Crippen LogP contribution in [0.3, 0.4) is 0 Å². The SMILES string of the molecule is CCOc1ccc(OCC(=O)N2CCCC(c3nnc(-c4ccc(C(F)(F)F)cc4)o3)C2)cc1. The summed E-state index contributed by atoms with van der Waals surface area (Å²) >= 11 is 0. The predicted octanol–water partition coefficient (Wildman–Crippen LogP) is 4.94. The van der Waals surface area contributed by atoms with Crippen LogP contribution in [0, 0.1) is 0 Å². The molecule has 180 valence electrons. The average molecular weight is 475 g/mol. The molecular formula is C24H24F3N3O4. The van der Waals surface area contributed by atoms with E-state index in [1.165, 1.54) is 12.1 Å². The van der Waals surface area contributed by atoms with Gasteiger partial charge in [0.1, 0.15) is 11.5 Å². The average Bonchev–Trinajstić information content (AvgIpc) is 3.34. The fourth-order valence-electron chi connectivity index (χ4n) is 3.76. The minimum Gasteiger partial charge on any atom is -0.494 e. The summed E-state index contributed by atoms with van der Waals surface area (Å²) in [6.07, 6.45) is -2.89. The molecule has 0 spiro atoms. The summed E-state index contributed by atoms with van der Waals surface area (Å²) in [6, 6.07) is 11.6. The summed E-state index contributed by atoms with van der Waals surface area (Å²) in [5.74, 6) is 1.50. The van der Waals surface area contributed by atoms with Crippen molar-refractivity contribution >= 4 is 5.91 Å². The van der Waals surface area contributed by atoms with Crippen LogP contribution in [0.1, 0.15) is 37.1 Å². The standard InChI is InChI=1S/C24H24F3N3O4/c1-2-32-19-9-11-20(12-10-19)33-15-21(31)30-13-3-4-17(14-30)23-29-28-22(34-23)16-5-7-18(8-6-16)24(25,26)27/h5-12,17H,2-4,13-15H2,1H3. The van der Waals surface area contributed by atoms with Gasteiger partial charge in [0.25, 0.3) is 5.91 Å². The molecule has 2 aromatic carbocycles. The van der Waals surface area contributed by atoms with Gasteiger partial charge in [-0.2, -0.15) is 13.2 Å². The number of carbonyl (C=O) groups excluding carboxylic acids is 1. The van der Waals surface area contributed by atoms with Crippen LogP contribution < -0.4 is 9.47 Å². The molecule has 0 saturated carbocycles. The number of alkyl halides is 3. The van der Waals surface area contributed by atoms with E-state index in [0.29, 0.717) is 36.9 Å². The molecule has 7 nitrogen and oxygen atoms in total. The Balaban J connectivity index is 1.34. The largest absolute Gasteiger partial charge is 0.494 e. The summed E-state index contributed by atoms with van der Waals surface area (Å²) in [6.45, 7) is 3.38. The Labute approximate surface area is 194 Å². The molecule has 4 rings (SSSR count). The van der Waals surface area contributed by atoms with Gasteiger partial charge < -0.3 is 18.8 Å². The Morgan fingerprint density at radius 3 is 2.38 bits per heavy atom. The second-order valence-electron chi connectivity index (χ2n) is 7.89. The maximum absolute atomic E-state index is 12.8. The van der Waals surface area contributed by atoms with Crippen LogP contribution in [0.2, 0.25) is 0 Å². The molecule has 1 unspecified atom stereocenters. The van der Waals surface area contributed by atoms with Crippen molar-refractivity contribution in [2.45, 2.75) is 31.9 Å². The molecule has 1 saturated heterocycles. The maximum Gasteiger partial charge on any atom is 0.416 e. The third-order valence-electron chi connectivity index (χ3n) is 5.52. The first kappa shape index (κ1) is 23.6. The van der Waals surface area contributed by atoms with E-state index in [4.69, 9.17) is 13.9 Å². The van der Waals surface area contributed by atoms with Crippen molar-refractivity contribution in [3.63, 3.8) is 0 Å². The number of halogens is 3. The first-order chi connectivity index (χ1) is 16.3. The first-order valence-corrected chi connectivity index (χ1v) is 11.0. The topological polar surface area (TPSA) is 77.7 Å². The predicted molar refractivity (Wildman–Crippen MR) is 116 cm³/mol. The lowest BCUT2D eigenvalue weighted by Gasteiger charge is -2.31. The summed E-state index contributed by atoms with van der Waals surface area (Å²) < 4.78 is 55.0. The van der Waals surface area contributed by atoms with E-state index >= 15 is 0 Å². The highest BCUT2D eigenvalue weighted by molar-refractivity contribution is 5.78. The normalized spacial score (nSPS) is 16.4. The number of amides is 1. The summed E-state index contributed by atoms with van der Waals surface area (Å²) in [5.41, 5.74) is -0.343. The first-order valence-electron chi connectivity index (χ1n) is 11.0. The molecule has 0 N–H and O–H groups in total. The lowest BCUT2D eigenvalue weighted by atomic mass is 9.98. The van der Waals surface area contributed by atoms with Crippen molar-refractivity contribution in [3.8, 4) is 23.0 Å². The van der Waals surface area contributed by atoms with E-state index in [2.05, 4.69) is 10.2 Å². The highest BCUT2D eigenvalue weighted by atomic mass is 19.4. The third kappa shape index (κ3) is 5.67. The number of aromatic nitrogens is 2. The molecule has 0 bridgehead atoms. The molecule has 1 amide bonds. The van der Waals surface area contributed by atoms with E-state index in [-0.39, 0.29) is 24.3 Å². The van der Waals surface area contributed by atoms with Crippen LogP contribution in [0.25, 0.3) is 11.5 Å². The third-order valence-corrected chi connectivity index (χ3v) is 5.52. The van der Waals surface area contributed by atoms with E-state index in [1.54, 1.807) is 29.2 Å². The van der Waals surface area contributed by atoms with Crippen LogP contribution >= 0.6 is 0 Å². The number of carbonyl (C=O) groups is 1. The van der Waals surface area contributed by atoms with Gasteiger partial charge in [0.2, 0.25) is 11.8 Å². The maximum atomic E-state index is 12.8. The van der Waals surface area contributed by atoms with Gasteiger partial charge in [-0.1, -0.05) is 0 Å². The number of piperidine rings is 1. The van der Waals surface area contributed by atoms with Gasteiger partial charge in [-0.3, -0.25) is 4.79 Å². The zero-order chi connectivity index (χ0) is 24.1. The van der Waals surface area contributed by atoms with E-state index in [1.807, 2.05) is 6.92 Å². The van der Waals surface area contributed by atoms with Gasteiger partial charge in [0.15, 0.2) is 6.61 Å². The van der Waals surface area contributed by atoms with Gasteiger partial charge in [-0.05, 0) is 68.3 Å². The monoisotopic (exact) mass is 475 g/mol. The summed E-state index contributed by atoms with van der Waals surface area (Å²) in [5, 5.41) is 8.06. The summed E-state index contributed by atoms with van der Waals surface area (Å²) in [7, 11) is 0. The molecule has 1 aliphatic heterocycles. The molecular weight excluding hydrogens is 451 g/mol. The fraction of sp³-hybridized carbons (Fsp3) is 0.375. The Hall–Kier alpha value is -3.56. The summed E-state index contributed by atoms with van der Waals surface area (Å²) in [4.78, 5) is 14.4. The van der Waals surface area contributed by atoms with Crippen molar-refractivity contribution in [1.82, 2.24) is 15.1 Å². The molecule has 2 heterocycles. The number of likely N-dealkylation sites (tertiary alicyclic amines) is 1. The molecule has 3 aromatic rings. The van der Waals surface area contributed by atoms with Crippen LogP contribution in [-0.4, -0.2) is 47.3 Å². The lowest BCUT2D eigenvalue weighted by Crippen LogP contribution is -2.41. The van der Waals surface area contributed by atoms with E-state index in [0.717, 1.165) is 30.7 Å². The second kappa shape index (κ2) is 10.1. The Morgan fingerprint density at radius 1 is 1.06 bits per heavy atom. The molecule has 0 aliphatic carbocycles. The van der Waals surface area contributed by atoms with Gasteiger partial charge in [0.05, 0.1) is 18.1 Å². The smallest absolute Gasteiger partial charge is 0.416 e. The lowest BCUT2D eigenvalue weighted by molar-refractivity contribution is -0.137. The van der Waals surface area contributed by atoms with Gasteiger partial charge in [-0.25, -0.2) is 0 Å². The molecule has 1 atom stereocenters. The van der Waals surface area contributed by atoms with Crippen molar-refractivity contribution in [1.29, 1.82) is 0 Å². The van der Waals surface area contributed by atoms with Crippen LogP contribution in [-0.2, 0) is 11.0 Å².